The summed E-state index contributed by atoms with van der Waals surface area (Å²) in [5, 5.41) is 7.19. The van der Waals surface area contributed by atoms with Gasteiger partial charge in [0, 0.05) is 5.71 Å². The summed E-state index contributed by atoms with van der Waals surface area (Å²) < 4.78 is 0. The maximum absolute atomic E-state index is 7.19. The average molecular weight is 109 g/mol. The van der Waals surface area contributed by atoms with Gasteiger partial charge in [0.05, 0.1) is 0 Å². The molecule has 0 aromatic rings. The van der Waals surface area contributed by atoms with Crippen molar-refractivity contribution in [2.45, 2.75) is 19.8 Å². The molecule has 1 nitrogen and oxygen atoms in total. The minimum atomic E-state index is 0.698. The van der Waals surface area contributed by atoms with E-state index in [1.165, 1.54) is 0 Å². The zero-order valence-corrected chi connectivity index (χ0v) is 5.15. The lowest BCUT2D eigenvalue weighted by Gasteiger charge is -2.09. The van der Waals surface area contributed by atoms with Crippen molar-refractivity contribution < 1.29 is 0 Å². The smallest absolute Gasteiger partial charge is 0.0311 e. The van der Waals surface area contributed by atoms with E-state index in [0.29, 0.717) is 5.92 Å². The SMILES string of the molecule is CC1C=CC(=N)CC1. The van der Waals surface area contributed by atoms with Crippen molar-refractivity contribution in [3.8, 4) is 0 Å². The van der Waals surface area contributed by atoms with Crippen LogP contribution in [0.1, 0.15) is 19.8 Å². The molecule has 1 N–H and O–H groups in total. The summed E-state index contributed by atoms with van der Waals surface area (Å²) in [6, 6.07) is 0. The molecule has 0 saturated carbocycles. The van der Waals surface area contributed by atoms with Crippen molar-refractivity contribution in [3.63, 3.8) is 0 Å². The molecule has 0 aromatic carbocycles. The lowest BCUT2D eigenvalue weighted by molar-refractivity contribution is 0.658. The molecule has 1 unspecified atom stereocenters. The van der Waals surface area contributed by atoms with Crippen LogP contribution in [0, 0.1) is 11.3 Å². The zero-order valence-electron chi connectivity index (χ0n) is 5.15. The van der Waals surface area contributed by atoms with Crippen LogP contribution in [0.25, 0.3) is 0 Å². The topological polar surface area (TPSA) is 23.9 Å². The standard InChI is InChI=1S/C7H11N/c1-6-2-4-7(8)5-3-6/h2,4,6,8H,3,5H2,1H3. The average Bonchev–Trinajstić information content (AvgIpc) is 1.77. The minimum absolute atomic E-state index is 0.698. The summed E-state index contributed by atoms with van der Waals surface area (Å²) >= 11 is 0. The first-order valence-electron chi connectivity index (χ1n) is 3.04. The van der Waals surface area contributed by atoms with E-state index in [1.54, 1.807) is 0 Å². The van der Waals surface area contributed by atoms with Gasteiger partial charge in [-0.1, -0.05) is 13.0 Å². The summed E-state index contributed by atoms with van der Waals surface area (Å²) in [7, 11) is 0. The molecule has 1 rings (SSSR count). The van der Waals surface area contributed by atoms with Crippen molar-refractivity contribution >= 4 is 5.71 Å². The van der Waals surface area contributed by atoms with Crippen molar-refractivity contribution in [1.82, 2.24) is 0 Å². The van der Waals surface area contributed by atoms with Gasteiger partial charge in [-0.15, -0.1) is 0 Å². The van der Waals surface area contributed by atoms with E-state index in [2.05, 4.69) is 13.0 Å². The van der Waals surface area contributed by atoms with E-state index < -0.39 is 0 Å². The van der Waals surface area contributed by atoms with E-state index >= 15 is 0 Å². The highest BCUT2D eigenvalue weighted by Gasteiger charge is 2.03. The molecule has 0 saturated heterocycles. The van der Waals surface area contributed by atoms with Crippen LogP contribution in [0.5, 0.6) is 0 Å². The summed E-state index contributed by atoms with van der Waals surface area (Å²) in [6.45, 7) is 2.18. The Kier molecular flexibility index (Phi) is 1.47. The molecule has 0 fully saturated rings. The molecule has 8 heavy (non-hydrogen) atoms. The van der Waals surface area contributed by atoms with Crippen LogP contribution in [0.2, 0.25) is 0 Å². The summed E-state index contributed by atoms with van der Waals surface area (Å²) in [5.74, 6) is 0.698. The van der Waals surface area contributed by atoms with Gasteiger partial charge >= 0.3 is 0 Å². The Morgan fingerprint density at radius 3 is 2.88 bits per heavy atom. The first kappa shape index (κ1) is 5.54. The Morgan fingerprint density at radius 2 is 2.50 bits per heavy atom. The molecule has 0 spiro atoms. The Labute approximate surface area is 49.9 Å². The van der Waals surface area contributed by atoms with Crippen molar-refractivity contribution in [3.05, 3.63) is 12.2 Å². The van der Waals surface area contributed by atoms with E-state index in [-0.39, 0.29) is 0 Å². The molecule has 0 radical (unpaired) electrons. The number of allylic oxidation sites excluding steroid dienone is 2. The van der Waals surface area contributed by atoms with Crippen LogP contribution >= 0.6 is 0 Å². The molecule has 1 aliphatic rings. The fraction of sp³-hybridized carbons (Fsp3) is 0.571. The summed E-state index contributed by atoms with van der Waals surface area (Å²) in [5.41, 5.74) is 0.781. The fourth-order valence-corrected chi connectivity index (χ4v) is 0.843. The van der Waals surface area contributed by atoms with Crippen LogP contribution in [0.3, 0.4) is 0 Å². The highest BCUT2D eigenvalue weighted by atomic mass is 14.4. The molecule has 44 valence electrons. The zero-order chi connectivity index (χ0) is 5.98. The quantitative estimate of drug-likeness (QED) is 0.492. The second-order valence-corrected chi connectivity index (χ2v) is 2.40. The van der Waals surface area contributed by atoms with E-state index in [0.717, 1.165) is 18.6 Å². The molecule has 1 aliphatic carbocycles. The molecular formula is C7H11N. The highest BCUT2D eigenvalue weighted by molar-refractivity contribution is 5.92. The van der Waals surface area contributed by atoms with Crippen LogP contribution in [-0.4, -0.2) is 5.71 Å². The maximum atomic E-state index is 7.19. The second kappa shape index (κ2) is 2.12. The van der Waals surface area contributed by atoms with Gasteiger partial charge in [-0.3, -0.25) is 0 Å². The normalized spacial score (nSPS) is 28.6. The summed E-state index contributed by atoms with van der Waals surface area (Å²) in [4.78, 5) is 0. The van der Waals surface area contributed by atoms with Crippen LogP contribution in [-0.2, 0) is 0 Å². The minimum Gasteiger partial charge on any atom is -0.305 e. The Bertz CT molecular complexity index is 124. The van der Waals surface area contributed by atoms with Crippen LogP contribution in [0.15, 0.2) is 12.2 Å². The molecule has 0 aromatic heterocycles. The van der Waals surface area contributed by atoms with E-state index in [4.69, 9.17) is 5.41 Å². The number of nitrogens with one attached hydrogen (secondary N) is 1. The van der Waals surface area contributed by atoms with E-state index in [9.17, 15) is 0 Å². The Balaban J connectivity index is 2.55. The van der Waals surface area contributed by atoms with Gasteiger partial charge in [0.2, 0.25) is 0 Å². The molecular weight excluding hydrogens is 98.1 g/mol. The molecule has 1 atom stereocenters. The third-order valence-electron chi connectivity index (χ3n) is 1.49. The van der Waals surface area contributed by atoms with Crippen molar-refractivity contribution in [2.75, 3.05) is 0 Å². The molecule has 0 aliphatic heterocycles. The third-order valence-corrected chi connectivity index (χ3v) is 1.49. The third kappa shape index (κ3) is 1.19. The first-order chi connectivity index (χ1) is 3.79. The van der Waals surface area contributed by atoms with Gasteiger partial charge in [-0.05, 0) is 24.8 Å². The summed E-state index contributed by atoms with van der Waals surface area (Å²) in [6.07, 6.45) is 6.15. The first-order valence-corrected chi connectivity index (χ1v) is 3.04. The fourth-order valence-electron chi connectivity index (χ4n) is 0.843. The second-order valence-electron chi connectivity index (χ2n) is 2.40. The van der Waals surface area contributed by atoms with Crippen molar-refractivity contribution in [1.29, 1.82) is 5.41 Å². The van der Waals surface area contributed by atoms with Gasteiger partial charge in [0.15, 0.2) is 0 Å². The van der Waals surface area contributed by atoms with Gasteiger partial charge in [0.25, 0.3) is 0 Å². The predicted octanol–water partition coefficient (Wildman–Crippen LogP) is 1.99. The lowest BCUT2D eigenvalue weighted by Crippen LogP contribution is -2.02. The number of rotatable bonds is 0. The Morgan fingerprint density at radius 1 is 1.75 bits per heavy atom. The van der Waals surface area contributed by atoms with Gasteiger partial charge < -0.3 is 5.41 Å². The van der Waals surface area contributed by atoms with Gasteiger partial charge in [0.1, 0.15) is 0 Å². The molecule has 0 heterocycles. The molecule has 1 heteroatoms. The molecule has 0 amide bonds. The largest absolute Gasteiger partial charge is 0.305 e. The van der Waals surface area contributed by atoms with Gasteiger partial charge in [-0.25, -0.2) is 0 Å². The number of hydrogen-bond acceptors (Lipinski definition) is 1. The molecule has 0 bridgehead atoms. The van der Waals surface area contributed by atoms with Crippen LogP contribution < -0.4 is 0 Å². The van der Waals surface area contributed by atoms with Gasteiger partial charge in [-0.2, -0.15) is 0 Å². The highest BCUT2D eigenvalue weighted by Crippen LogP contribution is 2.12. The van der Waals surface area contributed by atoms with E-state index in [1.807, 2.05) is 6.08 Å². The Hall–Kier alpha value is -0.590. The predicted molar refractivity (Wildman–Crippen MR) is 35.3 cm³/mol. The lowest BCUT2D eigenvalue weighted by atomic mass is 9.97. The monoisotopic (exact) mass is 109 g/mol. The van der Waals surface area contributed by atoms with Crippen LogP contribution in [0.4, 0.5) is 0 Å². The maximum Gasteiger partial charge on any atom is 0.0311 e. The number of hydrogen-bond donors (Lipinski definition) is 1. The van der Waals surface area contributed by atoms with Crippen molar-refractivity contribution in [2.24, 2.45) is 5.92 Å².